The summed E-state index contributed by atoms with van der Waals surface area (Å²) in [5, 5.41) is 3.20. The summed E-state index contributed by atoms with van der Waals surface area (Å²) in [7, 11) is 4.15. The lowest BCUT2D eigenvalue weighted by Crippen LogP contribution is -2.49. The maximum atomic E-state index is 13.8. The molecular formula is C40H40N6O4. The molecule has 254 valence electrons. The maximum absolute atomic E-state index is 13.8. The fourth-order valence-electron chi connectivity index (χ4n) is 8.20. The van der Waals surface area contributed by atoms with E-state index in [9.17, 15) is 19.2 Å². The number of imide groups is 2. The second kappa shape index (κ2) is 12.9. The molecule has 10 nitrogen and oxygen atoms in total. The minimum atomic E-state index is -0.261. The molecule has 8 rings (SSSR count). The molecule has 2 atom stereocenters. The van der Waals surface area contributed by atoms with E-state index in [-0.39, 0.29) is 29.7 Å². The van der Waals surface area contributed by atoms with Crippen molar-refractivity contribution in [2.75, 3.05) is 51.7 Å². The van der Waals surface area contributed by atoms with Gasteiger partial charge in [0, 0.05) is 82.9 Å². The molecule has 3 aliphatic heterocycles. The first-order valence-electron chi connectivity index (χ1n) is 17.5. The zero-order valence-electron chi connectivity index (χ0n) is 28.4. The summed E-state index contributed by atoms with van der Waals surface area (Å²) in [6.07, 6.45) is 9.74. The summed E-state index contributed by atoms with van der Waals surface area (Å²) < 4.78 is 0. The van der Waals surface area contributed by atoms with Crippen LogP contribution in [0.3, 0.4) is 0 Å². The Kier molecular flexibility index (Phi) is 8.28. The number of aliphatic imine (C=N–C) groups is 1. The van der Waals surface area contributed by atoms with Crippen LogP contribution in [0.2, 0.25) is 0 Å². The van der Waals surface area contributed by atoms with Gasteiger partial charge in [-0.2, -0.15) is 0 Å². The van der Waals surface area contributed by atoms with Gasteiger partial charge < -0.3 is 14.7 Å². The highest BCUT2D eigenvalue weighted by Crippen LogP contribution is 2.36. The fraction of sp³-hybridized carbons (Fsp3) is 0.325. The molecule has 0 bridgehead atoms. The maximum Gasteiger partial charge on any atom is 0.261 e. The number of hydrogen-bond donors (Lipinski definition) is 0. The summed E-state index contributed by atoms with van der Waals surface area (Å²) in [6, 6.07) is 21.2. The van der Waals surface area contributed by atoms with Gasteiger partial charge in [-0.15, -0.1) is 0 Å². The topological polar surface area (TPSA) is 96.8 Å². The second-order valence-electron chi connectivity index (χ2n) is 13.8. The number of anilines is 1. The average Bonchev–Trinajstić information content (AvgIpc) is 3.15. The highest BCUT2D eigenvalue weighted by molar-refractivity contribution is 6.27. The first-order valence-corrected chi connectivity index (χ1v) is 17.5. The van der Waals surface area contributed by atoms with E-state index in [0.717, 1.165) is 47.5 Å². The second-order valence-corrected chi connectivity index (χ2v) is 13.8. The monoisotopic (exact) mass is 668 g/mol. The van der Waals surface area contributed by atoms with Gasteiger partial charge in [0.05, 0.1) is 18.6 Å². The van der Waals surface area contributed by atoms with Crippen LogP contribution in [0, 0.1) is 0 Å². The van der Waals surface area contributed by atoms with Crippen LogP contribution in [0.25, 0.3) is 21.5 Å². The summed E-state index contributed by atoms with van der Waals surface area (Å²) in [6.45, 7) is 2.41. The Morgan fingerprint density at radius 3 is 1.78 bits per heavy atom. The lowest BCUT2D eigenvalue weighted by molar-refractivity contribution is 0.0557. The van der Waals surface area contributed by atoms with Crippen molar-refractivity contribution in [1.29, 1.82) is 0 Å². The number of amides is 4. The molecule has 4 amide bonds. The quantitative estimate of drug-likeness (QED) is 0.220. The summed E-state index contributed by atoms with van der Waals surface area (Å²) in [5.74, 6) is -0.987. The van der Waals surface area contributed by atoms with Crippen LogP contribution >= 0.6 is 0 Å². The standard InChI is InChI=1S/C40H40N6O4/c1-42(20-22-45-37(47)30-13-3-8-26-9-4-14-31(35(26)30)38(45)48)27-10-5-11-28(24-27)43(2)21-23-46-39(49)32-15-6-12-29-34(44-19-7-18-41-25-44)17-16-33(36(29)32)40(46)50/h3-4,6-9,12-17,19,25,27-28H,5,10-11,18,20-24H2,1-2H3. The molecule has 0 aromatic heterocycles. The van der Waals surface area contributed by atoms with E-state index in [1.807, 2.05) is 83.9 Å². The van der Waals surface area contributed by atoms with Gasteiger partial charge in [0.2, 0.25) is 0 Å². The average molecular weight is 669 g/mol. The van der Waals surface area contributed by atoms with Crippen LogP contribution in [0.15, 0.2) is 84.0 Å². The summed E-state index contributed by atoms with van der Waals surface area (Å²) in [5.41, 5.74) is 3.14. The van der Waals surface area contributed by atoms with Crippen molar-refractivity contribution in [1.82, 2.24) is 19.6 Å². The largest absolute Gasteiger partial charge is 0.308 e. The number of nitrogens with zero attached hydrogens (tertiary/aromatic N) is 6. The lowest BCUT2D eigenvalue weighted by Gasteiger charge is -2.40. The SMILES string of the molecule is CN(CCN1C(=O)c2cccc3cccc(c23)C1=O)C1CCCC(N(C)CCN2C(=O)c3cccc4c(N5C=CCN=C5)ccc(c34)C2=O)C1. The number of carbonyl (C=O) groups is 4. The van der Waals surface area contributed by atoms with E-state index >= 15 is 0 Å². The highest BCUT2D eigenvalue weighted by Gasteiger charge is 2.36. The number of likely N-dealkylation sites (N-methyl/N-ethyl adjacent to an activating group) is 2. The molecule has 0 spiro atoms. The van der Waals surface area contributed by atoms with Gasteiger partial charge in [-0.05, 0) is 75.2 Å². The number of hydrogen-bond acceptors (Lipinski definition) is 8. The molecule has 0 N–H and O–H groups in total. The molecule has 2 unspecified atom stereocenters. The molecule has 1 saturated carbocycles. The van der Waals surface area contributed by atoms with Crippen molar-refractivity contribution in [3.8, 4) is 0 Å². The first-order chi connectivity index (χ1) is 24.3. The molecule has 3 heterocycles. The van der Waals surface area contributed by atoms with Crippen molar-refractivity contribution in [3.05, 3.63) is 101 Å². The van der Waals surface area contributed by atoms with Crippen LogP contribution in [0.5, 0.6) is 0 Å². The van der Waals surface area contributed by atoms with Gasteiger partial charge in [-0.25, -0.2) is 0 Å². The van der Waals surface area contributed by atoms with Crippen LogP contribution < -0.4 is 4.90 Å². The molecule has 0 saturated heterocycles. The van der Waals surface area contributed by atoms with Crippen LogP contribution in [0.1, 0.15) is 67.1 Å². The normalized spacial score (nSPS) is 20.4. The van der Waals surface area contributed by atoms with E-state index < -0.39 is 0 Å². The van der Waals surface area contributed by atoms with E-state index in [0.29, 0.717) is 66.4 Å². The zero-order chi connectivity index (χ0) is 34.5. The molecule has 4 aromatic carbocycles. The van der Waals surface area contributed by atoms with Crippen LogP contribution in [-0.4, -0.2) is 108 Å². The lowest BCUT2D eigenvalue weighted by atomic mass is 9.89. The van der Waals surface area contributed by atoms with E-state index in [2.05, 4.69) is 28.9 Å². The number of rotatable bonds is 9. The third kappa shape index (κ3) is 5.39. The van der Waals surface area contributed by atoms with Crippen LogP contribution in [-0.2, 0) is 0 Å². The predicted molar refractivity (Wildman–Crippen MR) is 195 cm³/mol. The molecule has 4 aromatic rings. The smallest absolute Gasteiger partial charge is 0.261 e. The Hall–Kier alpha value is -5.19. The summed E-state index contributed by atoms with van der Waals surface area (Å²) >= 11 is 0. The van der Waals surface area contributed by atoms with Crippen LogP contribution in [0.4, 0.5) is 5.69 Å². The third-order valence-electron chi connectivity index (χ3n) is 11.0. The number of benzene rings is 4. The summed E-state index contributed by atoms with van der Waals surface area (Å²) in [4.78, 5) is 68.0. The molecule has 0 radical (unpaired) electrons. The van der Waals surface area contributed by atoms with Gasteiger partial charge in [0.25, 0.3) is 23.6 Å². The van der Waals surface area contributed by atoms with Crippen molar-refractivity contribution in [2.45, 2.75) is 37.8 Å². The Morgan fingerprint density at radius 2 is 1.22 bits per heavy atom. The molecule has 10 heteroatoms. The predicted octanol–water partition coefficient (Wildman–Crippen LogP) is 5.42. The molecule has 1 aliphatic carbocycles. The van der Waals surface area contributed by atoms with E-state index in [1.54, 1.807) is 6.34 Å². The first kappa shape index (κ1) is 32.0. The van der Waals surface area contributed by atoms with Crippen molar-refractivity contribution >= 4 is 57.2 Å². The van der Waals surface area contributed by atoms with Crippen molar-refractivity contribution in [2.24, 2.45) is 4.99 Å². The Bertz CT molecular complexity index is 2040. The number of carbonyl (C=O) groups excluding carboxylic acids is 4. The third-order valence-corrected chi connectivity index (χ3v) is 11.0. The molecule has 1 fully saturated rings. The van der Waals surface area contributed by atoms with E-state index in [1.165, 1.54) is 9.80 Å². The minimum Gasteiger partial charge on any atom is -0.308 e. The van der Waals surface area contributed by atoms with Gasteiger partial charge in [0.15, 0.2) is 0 Å². The van der Waals surface area contributed by atoms with Gasteiger partial charge in [-0.3, -0.25) is 34.0 Å². The molecule has 4 aliphatic rings. The molecular weight excluding hydrogens is 628 g/mol. The van der Waals surface area contributed by atoms with Crippen molar-refractivity contribution in [3.63, 3.8) is 0 Å². The van der Waals surface area contributed by atoms with Gasteiger partial charge in [-0.1, -0.05) is 42.8 Å². The van der Waals surface area contributed by atoms with Crippen molar-refractivity contribution < 1.29 is 19.2 Å². The Balaban J connectivity index is 0.902. The van der Waals surface area contributed by atoms with Gasteiger partial charge in [0.1, 0.15) is 0 Å². The Labute approximate surface area is 291 Å². The minimum absolute atomic E-state index is 0.233. The highest BCUT2D eigenvalue weighted by atomic mass is 16.2. The Morgan fingerprint density at radius 1 is 0.680 bits per heavy atom. The van der Waals surface area contributed by atoms with Gasteiger partial charge >= 0.3 is 0 Å². The van der Waals surface area contributed by atoms with E-state index in [4.69, 9.17) is 0 Å². The molecule has 50 heavy (non-hydrogen) atoms. The zero-order valence-corrected chi connectivity index (χ0v) is 28.4. The fourth-order valence-corrected chi connectivity index (χ4v) is 8.20.